The fourth-order valence-corrected chi connectivity index (χ4v) is 2.95. The summed E-state index contributed by atoms with van der Waals surface area (Å²) in [5.41, 5.74) is 0.696. The molecule has 1 aromatic rings. The van der Waals surface area contributed by atoms with Gasteiger partial charge in [-0.15, -0.1) is 0 Å². The summed E-state index contributed by atoms with van der Waals surface area (Å²) in [5.74, 6) is 0.815. The Balaban J connectivity index is 1.89. The maximum atomic E-state index is 12.2. The number of carbonyl (C=O) groups is 1. The first-order chi connectivity index (χ1) is 9.54. The number of rotatable bonds is 4. The van der Waals surface area contributed by atoms with Crippen molar-refractivity contribution in [3.8, 4) is 5.75 Å². The van der Waals surface area contributed by atoms with E-state index in [1.807, 2.05) is 38.1 Å². The van der Waals surface area contributed by atoms with Gasteiger partial charge in [-0.1, -0.05) is 15.9 Å². The minimum Gasteiger partial charge on any atom is -0.491 e. The standard InChI is InChI=1S/C16H22BrNO2/c1-11(2)20-15-9-3-12(4-10-15)16(19)18-14-7-5-13(17)6-8-14/h3-4,9-11,13-14H,5-8H2,1-2H3,(H,18,19). The van der Waals surface area contributed by atoms with Crippen molar-refractivity contribution in [1.82, 2.24) is 5.32 Å². The number of alkyl halides is 1. The van der Waals surface area contributed by atoms with E-state index >= 15 is 0 Å². The summed E-state index contributed by atoms with van der Waals surface area (Å²) < 4.78 is 5.57. The first-order valence-electron chi connectivity index (χ1n) is 7.26. The highest BCUT2D eigenvalue weighted by atomic mass is 79.9. The summed E-state index contributed by atoms with van der Waals surface area (Å²) >= 11 is 3.63. The SMILES string of the molecule is CC(C)Oc1ccc(C(=O)NC2CCC(Br)CC2)cc1. The van der Waals surface area contributed by atoms with Gasteiger partial charge in [-0.25, -0.2) is 0 Å². The highest BCUT2D eigenvalue weighted by Gasteiger charge is 2.21. The molecule has 1 aliphatic carbocycles. The number of amides is 1. The van der Waals surface area contributed by atoms with E-state index < -0.39 is 0 Å². The Hall–Kier alpha value is -1.03. The quantitative estimate of drug-likeness (QED) is 0.844. The van der Waals surface area contributed by atoms with Crippen LogP contribution in [-0.4, -0.2) is 22.9 Å². The average Bonchev–Trinajstić information content (AvgIpc) is 2.41. The van der Waals surface area contributed by atoms with E-state index in [0.29, 0.717) is 16.4 Å². The molecule has 20 heavy (non-hydrogen) atoms. The molecule has 0 atom stereocenters. The third-order valence-corrected chi connectivity index (χ3v) is 4.40. The highest BCUT2D eigenvalue weighted by Crippen LogP contribution is 2.24. The second kappa shape index (κ2) is 7.11. The van der Waals surface area contributed by atoms with Gasteiger partial charge in [-0.05, 0) is 63.8 Å². The number of hydrogen-bond acceptors (Lipinski definition) is 2. The zero-order valence-electron chi connectivity index (χ0n) is 12.1. The molecule has 110 valence electrons. The molecule has 1 amide bonds. The summed E-state index contributed by atoms with van der Waals surface area (Å²) in [6, 6.07) is 7.66. The van der Waals surface area contributed by atoms with Gasteiger partial charge in [0.1, 0.15) is 5.75 Å². The van der Waals surface area contributed by atoms with Gasteiger partial charge in [0.05, 0.1) is 6.10 Å². The van der Waals surface area contributed by atoms with Crippen LogP contribution in [0.2, 0.25) is 0 Å². The van der Waals surface area contributed by atoms with Gasteiger partial charge in [0.15, 0.2) is 0 Å². The third kappa shape index (κ3) is 4.51. The molecule has 0 unspecified atom stereocenters. The molecule has 1 aliphatic rings. The number of ether oxygens (including phenoxy) is 1. The van der Waals surface area contributed by atoms with Crippen LogP contribution >= 0.6 is 15.9 Å². The van der Waals surface area contributed by atoms with Crippen LogP contribution in [0.25, 0.3) is 0 Å². The number of carbonyl (C=O) groups excluding carboxylic acids is 1. The molecule has 2 rings (SSSR count). The summed E-state index contributed by atoms with van der Waals surface area (Å²) in [6.07, 6.45) is 4.51. The number of hydrogen-bond donors (Lipinski definition) is 1. The highest BCUT2D eigenvalue weighted by molar-refractivity contribution is 9.09. The summed E-state index contributed by atoms with van der Waals surface area (Å²) in [4.78, 5) is 12.8. The number of nitrogens with one attached hydrogen (secondary N) is 1. The van der Waals surface area contributed by atoms with E-state index in [1.54, 1.807) is 0 Å². The predicted molar refractivity (Wildman–Crippen MR) is 84.6 cm³/mol. The van der Waals surface area contributed by atoms with E-state index in [-0.39, 0.29) is 12.0 Å². The second-order valence-corrected chi connectivity index (χ2v) is 6.91. The molecule has 0 bridgehead atoms. The molecule has 1 saturated carbocycles. The normalized spacial score (nSPS) is 22.6. The van der Waals surface area contributed by atoms with Crippen LogP contribution in [0.5, 0.6) is 5.75 Å². The van der Waals surface area contributed by atoms with Crippen LogP contribution in [-0.2, 0) is 0 Å². The van der Waals surface area contributed by atoms with Crippen LogP contribution in [0, 0.1) is 0 Å². The first-order valence-corrected chi connectivity index (χ1v) is 8.18. The van der Waals surface area contributed by atoms with Crippen molar-refractivity contribution >= 4 is 21.8 Å². The Morgan fingerprint density at radius 2 is 1.80 bits per heavy atom. The van der Waals surface area contributed by atoms with Crippen LogP contribution in [0.1, 0.15) is 49.9 Å². The molecule has 0 radical (unpaired) electrons. The van der Waals surface area contributed by atoms with Gasteiger partial charge in [0, 0.05) is 16.4 Å². The van der Waals surface area contributed by atoms with Gasteiger partial charge in [-0.2, -0.15) is 0 Å². The molecule has 0 saturated heterocycles. The van der Waals surface area contributed by atoms with Crippen molar-refractivity contribution < 1.29 is 9.53 Å². The Morgan fingerprint density at radius 3 is 2.35 bits per heavy atom. The zero-order valence-corrected chi connectivity index (χ0v) is 13.7. The fourth-order valence-electron chi connectivity index (χ4n) is 2.42. The van der Waals surface area contributed by atoms with Crippen LogP contribution in [0.4, 0.5) is 0 Å². The molecular formula is C16H22BrNO2. The molecule has 1 N–H and O–H groups in total. The molecule has 1 aromatic carbocycles. The Kier molecular flexibility index (Phi) is 5.46. The third-order valence-electron chi connectivity index (χ3n) is 3.48. The van der Waals surface area contributed by atoms with Gasteiger partial charge in [0.25, 0.3) is 5.91 Å². The number of benzene rings is 1. The van der Waals surface area contributed by atoms with Crippen molar-refractivity contribution in [3.05, 3.63) is 29.8 Å². The maximum absolute atomic E-state index is 12.2. The molecular weight excluding hydrogens is 318 g/mol. The first kappa shape index (κ1) is 15.4. The van der Waals surface area contributed by atoms with Crippen molar-refractivity contribution in [1.29, 1.82) is 0 Å². The van der Waals surface area contributed by atoms with Crippen molar-refractivity contribution in [2.24, 2.45) is 0 Å². The molecule has 0 spiro atoms. The Morgan fingerprint density at radius 1 is 1.20 bits per heavy atom. The van der Waals surface area contributed by atoms with Crippen LogP contribution in [0.3, 0.4) is 0 Å². The largest absolute Gasteiger partial charge is 0.491 e. The van der Waals surface area contributed by atoms with Gasteiger partial charge >= 0.3 is 0 Å². The van der Waals surface area contributed by atoms with E-state index in [4.69, 9.17) is 4.74 Å². The molecule has 3 nitrogen and oxygen atoms in total. The Labute approximate surface area is 129 Å². The second-order valence-electron chi connectivity index (χ2n) is 5.61. The van der Waals surface area contributed by atoms with E-state index in [2.05, 4.69) is 21.2 Å². The zero-order chi connectivity index (χ0) is 14.5. The molecule has 0 aromatic heterocycles. The summed E-state index contributed by atoms with van der Waals surface area (Å²) in [6.45, 7) is 3.97. The topological polar surface area (TPSA) is 38.3 Å². The smallest absolute Gasteiger partial charge is 0.251 e. The van der Waals surface area contributed by atoms with Gasteiger partial charge < -0.3 is 10.1 Å². The van der Waals surface area contributed by atoms with Crippen molar-refractivity contribution in [2.75, 3.05) is 0 Å². The van der Waals surface area contributed by atoms with Crippen LogP contribution in [0.15, 0.2) is 24.3 Å². The predicted octanol–water partition coefficient (Wildman–Crippen LogP) is 3.91. The average molecular weight is 340 g/mol. The lowest BCUT2D eigenvalue weighted by Gasteiger charge is -2.26. The summed E-state index contributed by atoms with van der Waals surface area (Å²) in [5, 5.41) is 3.12. The van der Waals surface area contributed by atoms with E-state index in [9.17, 15) is 4.79 Å². The van der Waals surface area contributed by atoms with E-state index in [1.165, 1.54) is 0 Å². The lowest BCUT2D eigenvalue weighted by Crippen LogP contribution is -2.37. The minimum atomic E-state index is 0.0131. The lowest BCUT2D eigenvalue weighted by molar-refractivity contribution is 0.0928. The minimum absolute atomic E-state index is 0.0131. The maximum Gasteiger partial charge on any atom is 0.251 e. The van der Waals surface area contributed by atoms with E-state index in [0.717, 1.165) is 31.4 Å². The summed E-state index contributed by atoms with van der Waals surface area (Å²) in [7, 11) is 0. The lowest BCUT2D eigenvalue weighted by atomic mass is 9.95. The van der Waals surface area contributed by atoms with Crippen molar-refractivity contribution in [3.63, 3.8) is 0 Å². The Bertz CT molecular complexity index is 436. The van der Waals surface area contributed by atoms with Gasteiger partial charge in [-0.3, -0.25) is 4.79 Å². The molecule has 1 fully saturated rings. The monoisotopic (exact) mass is 339 g/mol. The number of halogens is 1. The van der Waals surface area contributed by atoms with Crippen LogP contribution < -0.4 is 10.1 Å². The fraction of sp³-hybridized carbons (Fsp3) is 0.562. The molecule has 0 heterocycles. The molecule has 4 heteroatoms. The molecule has 0 aliphatic heterocycles. The van der Waals surface area contributed by atoms with Gasteiger partial charge in [0.2, 0.25) is 0 Å². The van der Waals surface area contributed by atoms with Crippen molar-refractivity contribution in [2.45, 2.75) is 56.5 Å².